The molecule has 35 heavy (non-hydrogen) atoms. The summed E-state index contributed by atoms with van der Waals surface area (Å²) in [5.41, 5.74) is 2.24. The zero-order valence-corrected chi connectivity index (χ0v) is 19.6. The Morgan fingerprint density at radius 3 is 2.77 bits per heavy atom. The lowest BCUT2D eigenvalue weighted by Crippen LogP contribution is -2.36. The maximum Gasteiger partial charge on any atom is 0.326 e. The number of rotatable bonds is 14. The van der Waals surface area contributed by atoms with Gasteiger partial charge in [-0.05, 0) is 56.7 Å². The van der Waals surface area contributed by atoms with Crippen molar-refractivity contribution in [2.24, 2.45) is 0 Å². The molecule has 0 aliphatic carbocycles. The highest BCUT2D eigenvalue weighted by Crippen LogP contribution is 2.20. The topological polar surface area (TPSA) is 127 Å². The molecule has 9 nitrogen and oxygen atoms in total. The van der Waals surface area contributed by atoms with Gasteiger partial charge in [0.05, 0.1) is 0 Å². The average molecular weight is 488 g/mol. The molecule has 0 aromatic carbocycles. The molecular formula is C24H31F2N7O2. The Bertz CT molecular complexity index is 1020. The first-order chi connectivity index (χ1) is 17.0. The second-order valence-electron chi connectivity index (χ2n) is 8.51. The van der Waals surface area contributed by atoms with Crippen LogP contribution in [0.5, 0.6) is 0 Å². The van der Waals surface area contributed by atoms with Gasteiger partial charge in [0.15, 0.2) is 11.5 Å². The first-order valence-electron chi connectivity index (χ1n) is 11.9. The molecule has 3 rings (SSSR count). The zero-order valence-electron chi connectivity index (χ0n) is 19.6. The van der Waals surface area contributed by atoms with Crippen molar-refractivity contribution in [3.8, 4) is 6.07 Å². The summed E-state index contributed by atoms with van der Waals surface area (Å²) in [6.45, 7) is 2.01. The molecule has 0 saturated heterocycles. The van der Waals surface area contributed by atoms with Gasteiger partial charge in [-0.15, -0.1) is 0 Å². The molecule has 1 atom stereocenters. The number of carboxylic acids is 1. The summed E-state index contributed by atoms with van der Waals surface area (Å²) in [5.74, 6) is -0.0591. The predicted molar refractivity (Wildman–Crippen MR) is 127 cm³/mol. The molecule has 3 N–H and O–H groups in total. The predicted octanol–water partition coefficient (Wildman–Crippen LogP) is 3.34. The maximum atomic E-state index is 12.8. The zero-order chi connectivity index (χ0) is 25.0. The Labute approximate surface area is 203 Å². The highest BCUT2D eigenvalue weighted by atomic mass is 19.3. The summed E-state index contributed by atoms with van der Waals surface area (Å²) in [4.78, 5) is 26.2. The van der Waals surface area contributed by atoms with Crippen LogP contribution < -0.4 is 10.6 Å². The minimum absolute atomic E-state index is 0.000654. The van der Waals surface area contributed by atoms with Crippen molar-refractivity contribution in [2.75, 3.05) is 36.8 Å². The molecule has 0 saturated carbocycles. The number of halogens is 2. The van der Waals surface area contributed by atoms with Crippen LogP contribution in [0.1, 0.15) is 49.1 Å². The number of aliphatic carboxylic acids is 1. The number of anilines is 2. The molecule has 3 heterocycles. The van der Waals surface area contributed by atoms with Crippen LogP contribution in [0.3, 0.4) is 0 Å². The van der Waals surface area contributed by atoms with Crippen molar-refractivity contribution >= 4 is 17.6 Å². The fraction of sp³-hybridized carbons (Fsp3) is 0.542. The number of aromatic nitrogens is 3. The van der Waals surface area contributed by atoms with E-state index < -0.39 is 18.4 Å². The number of aryl methyl sites for hydroxylation is 2. The summed E-state index contributed by atoms with van der Waals surface area (Å²) >= 11 is 0. The van der Waals surface area contributed by atoms with Gasteiger partial charge in [-0.25, -0.2) is 28.5 Å². The fourth-order valence-electron chi connectivity index (χ4n) is 4.02. The number of nitrogens with zero attached hydrogens (tertiary/aromatic N) is 5. The Hall–Kier alpha value is -3.39. The van der Waals surface area contributed by atoms with Crippen LogP contribution in [-0.4, -0.2) is 69.6 Å². The van der Waals surface area contributed by atoms with Gasteiger partial charge in [0, 0.05) is 44.1 Å². The second-order valence-corrected chi connectivity index (χ2v) is 8.51. The van der Waals surface area contributed by atoms with Crippen LogP contribution in [-0.2, 0) is 17.6 Å². The van der Waals surface area contributed by atoms with Gasteiger partial charge in [0.1, 0.15) is 17.9 Å². The minimum atomic E-state index is -2.42. The monoisotopic (exact) mass is 487 g/mol. The highest BCUT2D eigenvalue weighted by molar-refractivity contribution is 5.77. The molecule has 0 bridgehead atoms. The van der Waals surface area contributed by atoms with Crippen molar-refractivity contribution < 1.29 is 18.7 Å². The Balaban J connectivity index is 1.51. The molecule has 0 unspecified atom stereocenters. The van der Waals surface area contributed by atoms with Crippen molar-refractivity contribution in [1.82, 2.24) is 19.9 Å². The van der Waals surface area contributed by atoms with Crippen LogP contribution in [0.15, 0.2) is 24.5 Å². The number of nitrogens with one attached hydrogen (secondary N) is 2. The molecule has 0 spiro atoms. The highest BCUT2D eigenvalue weighted by Gasteiger charge is 2.21. The number of pyridine rings is 1. The minimum Gasteiger partial charge on any atom is -0.480 e. The molecule has 0 fully saturated rings. The quantitative estimate of drug-likeness (QED) is 0.344. The second kappa shape index (κ2) is 13.5. The van der Waals surface area contributed by atoms with E-state index in [2.05, 4.69) is 26.7 Å². The molecule has 188 valence electrons. The van der Waals surface area contributed by atoms with Crippen molar-refractivity contribution in [3.05, 3.63) is 41.5 Å². The van der Waals surface area contributed by atoms with Crippen LogP contribution in [0, 0.1) is 11.3 Å². The third-order valence-corrected chi connectivity index (χ3v) is 5.92. The van der Waals surface area contributed by atoms with Gasteiger partial charge >= 0.3 is 5.97 Å². The summed E-state index contributed by atoms with van der Waals surface area (Å²) in [5, 5.41) is 24.8. The van der Waals surface area contributed by atoms with E-state index >= 15 is 0 Å². The molecular weight excluding hydrogens is 456 g/mol. The van der Waals surface area contributed by atoms with E-state index in [0.29, 0.717) is 13.1 Å². The summed E-state index contributed by atoms with van der Waals surface area (Å²) < 4.78 is 25.7. The number of unbranched alkanes of at least 4 members (excludes halogenated alkanes) is 1. The fourth-order valence-corrected chi connectivity index (χ4v) is 4.02. The van der Waals surface area contributed by atoms with E-state index in [9.17, 15) is 18.7 Å². The normalized spacial score (nSPS) is 13.7. The van der Waals surface area contributed by atoms with Gasteiger partial charge in [-0.2, -0.15) is 5.26 Å². The van der Waals surface area contributed by atoms with E-state index in [1.165, 1.54) is 18.0 Å². The number of carbonyl (C=O) groups is 1. The summed E-state index contributed by atoms with van der Waals surface area (Å²) in [6.07, 6.45) is 4.76. The molecule has 11 heteroatoms. The van der Waals surface area contributed by atoms with Gasteiger partial charge in [-0.1, -0.05) is 6.07 Å². The van der Waals surface area contributed by atoms with Crippen LogP contribution in [0.4, 0.5) is 20.4 Å². The lowest BCUT2D eigenvalue weighted by Gasteiger charge is -2.24. The van der Waals surface area contributed by atoms with Crippen LogP contribution in [0.25, 0.3) is 0 Å². The molecule has 1 aliphatic rings. The van der Waals surface area contributed by atoms with E-state index in [0.717, 1.165) is 50.2 Å². The van der Waals surface area contributed by atoms with Crippen molar-refractivity contribution in [3.63, 3.8) is 0 Å². The Kier molecular flexibility index (Phi) is 10.1. The number of hydrogen-bond donors (Lipinski definition) is 3. The van der Waals surface area contributed by atoms with E-state index in [1.807, 2.05) is 17.0 Å². The van der Waals surface area contributed by atoms with Crippen LogP contribution in [0.2, 0.25) is 0 Å². The third-order valence-electron chi connectivity index (χ3n) is 5.92. The largest absolute Gasteiger partial charge is 0.480 e. The first kappa shape index (κ1) is 26.2. The summed E-state index contributed by atoms with van der Waals surface area (Å²) in [7, 11) is 0. The van der Waals surface area contributed by atoms with Crippen LogP contribution >= 0.6 is 0 Å². The number of fused-ring (bicyclic) bond motifs is 1. The Morgan fingerprint density at radius 1 is 1.20 bits per heavy atom. The van der Waals surface area contributed by atoms with Gasteiger partial charge in [0.25, 0.3) is 0 Å². The number of alkyl halides is 2. The van der Waals surface area contributed by atoms with E-state index in [-0.39, 0.29) is 30.9 Å². The van der Waals surface area contributed by atoms with Gasteiger partial charge < -0.3 is 20.6 Å². The number of carboxylic acid groups (broad SMARTS) is 1. The molecule has 2 aromatic rings. The standard InChI is InChI=1S/C24H31F2N7O2/c25-21(26)9-15-33(13-2-1-5-18-7-6-17-4-3-10-29-22(17)31-18)14-8-19(24(34)35)32-23-20(16-27)28-11-12-30-23/h6-7,11-12,19,21H,1-5,8-10,13-15H2,(H,29,31)(H,30,32)(H,34,35)/t19-/m0/s1. The molecule has 1 aliphatic heterocycles. The first-order valence-corrected chi connectivity index (χ1v) is 11.9. The third kappa shape index (κ3) is 8.40. The molecule has 0 radical (unpaired) electrons. The smallest absolute Gasteiger partial charge is 0.326 e. The molecule has 0 amide bonds. The summed E-state index contributed by atoms with van der Waals surface area (Å²) in [6, 6.07) is 5.01. The lowest BCUT2D eigenvalue weighted by molar-refractivity contribution is -0.138. The van der Waals surface area contributed by atoms with E-state index in [1.54, 1.807) is 0 Å². The number of nitriles is 1. The van der Waals surface area contributed by atoms with Gasteiger partial charge in [0.2, 0.25) is 6.43 Å². The van der Waals surface area contributed by atoms with Gasteiger partial charge in [-0.3, -0.25) is 0 Å². The molecule has 2 aromatic heterocycles. The lowest BCUT2D eigenvalue weighted by atomic mass is 10.1. The van der Waals surface area contributed by atoms with Crippen molar-refractivity contribution in [2.45, 2.75) is 57.4 Å². The average Bonchev–Trinajstić information content (AvgIpc) is 2.86. The van der Waals surface area contributed by atoms with Crippen molar-refractivity contribution in [1.29, 1.82) is 5.26 Å². The van der Waals surface area contributed by atoms with E-state index in [4.69, 9.17) is 10.2 Å². The Morgan fingerprint density at radius 2 is 2.00 bits per heavy atom. The number of hydrogen-bond acceptors (Lipinski definition) is 8. The maximum absolute atomic E-state index is 12.8. The SMILES string of the molecule is N#Cc1nccnc1N[C@@H](CCN(CCCCc1ccc2c(n1)NCCC2)CCC(F)F)C(=O)O.